The molecule has 0 aliphatic carbocycles. The number of aromatic amines is 1. The van der Waals surface area contributed by atoms with Crippen molar-refractivity contribution < 1.29 is 9.72 Å². The average molecular weight is 419 g/mol. The van der Waals surface area contributed by atoms with Crippen molar-refractivity contribution in [2.45, 2.75) is 19.8 Å². The first-order valence-electron chi connectivity index (χ1n) is 9.94. The van der Waals surface area contributed by atoms with Gasteiger partial charge in [-0.2, -0.15) is 0 Å². The van der Waals surface area contributed by atoms with Crippen LogP contribution in [0.1, 0.15) is 28.9 Å². The fraction of sp³-hybridized carbons (Fsp3) is 0.227. The number of H-pyrrole nitrogens is 1. The summed E-state index contributed by atoms with van der Waals surface area (Å²) in [5, 5.41) is 14.3. The smallest absolute Gasteiger partial charge is 0.293 e. The number of nitrogens with zero attached hydrogens (tertiary/aromatic N) is 3. The fourth-order valence-electron chi connectivity index (χ4n) is 3.70. The van der Waals surface area contributed by atoms with Crippen molar-refractivity contribution in [1.82, 2.24) is 9.97 Å². The minimum absolute atomic E-state index is 0.0789. The molecular weight excluding hydrogens is 398 g/mol. The molecule has 0 atom stereocenters. The Labute approximate surface area is 177 Å². The molecular formula is C22H21N5O4. The van der Waals surface area contributed by atoms with Crippen LogP contribution in [-0.4, -0.2) is 33.9 Å². The fourth-order valence-corrected chi connectivity index (χ4v) is 3.70. The third-order valence-corrected chi connectivity index (χ3v) is 5.14. The van der Waals surface area contributed by atoms with Crippen LogP contribution in [0, 0.1) is 17.0 Å². The van der Waals surface area contributed by atoms with E-state index in [9.17, 15) is 19.7 Å². The van der Waals surface area contributed by atoms with Gasteiger partial charge in [-0.3, -0.25) is 19.7 Å². The van der Waals surface area contributed by atoms with E-state index in [4.69, 9.17) is 0 Å². The molecule has 2 aromatic carbocycles. The molecule has 4 rings (SSSR count). The van der Waals surface area contributed by atoms with Gasteiger partial charge in [0.2, 0.25) is 0 Å². The summed E-state index contributed by atoms with van der Waals surface area (Å²) in [6.45, 7) is 3.27. The van der Waals surface area contributed by atoms with Crippen molar-refractivity contribution >= 4 is 23.0 Å². The Balaban J connectivity index is 1.59. The first-order chi connectivity index (χ1) is 14.9. The van der Waals surface area contributed by atoms with Crippen molar-refractivity contribution in [1.29, 1.82) is 0 Å². The average Bonchev–Trinajstić information content (AvgIpc) is 3.27. The van der Waals surface area contributed by atoms with Gasteiger partial charge in [-0.25, -0.2) is 4.98 Å². The number of nitro groups is 1. The van der Waals surface area contributed by atoms with E-state index in [1.807, 2.05) is 4.90 Å². The molecule has 1 aliphatic rings. The molecule has 3 aromatic rings. The molecule has 2 N–H and O–H groups in total. The highest BCUT2D eigenvalue weighted by Gasteiger charge is 2.24. The number of aromatic nitrogens is 2. The summed E-state index contributed by atoms with van der Waals surface area (Å²) < 4.78 is 0. The second kappa shape index (κ2) is 8.39. The Morgan fingerprint density at radius 1 is 1.16 bits per heavy atom. The summed E-state index contributed by atoms with van der Waals surface area (Å²) in [7, 11) is 0. The lowest BCUT2D eigenvalue weighted by Gasteiger charge is -2.17. The van der Waals surface area contributed by atoms with Crippen molar-refractivity contribution in [2.75, 3.05) is 23.3 Å². The van der Waals surface area contributed by atoms with Crippen LogP contribution >= 0.6 is 0 Å². The van der Waals surface area contributed by atoms with Crippen LogP contribution in [0.15, 0.2) is 53.3 Å². The van der Waals surface area contributed by atoms with E-state index in [2.05, 4.69) is 15.3 Å². The molecule has 31 heavy (non-hydrogen) atoms. The molecule has 0 bridgehead atoms. The van der Waals surface area contributed by atoms with E-state index in [1.165, 1.54) is 12.1 Å². The maximum Gasteiger partial charge on any atom is 0.293 e. The summed E-state index contributed by atoms with van der Waals surface area (Å²) in [5.41, 5.74) is 2.09. The largest absolute Gasteiger partial charge is 0.366 e. The Kier molecular flexibility index (Phi) is 5.48. The zero-order chi connectivity index (χ0) is 22.0. The lowest BCUT2D eigenvalue weighted by Crippen LogP contribution is -2.19. The predicted octanol–water partition coefficient (Wildman–Crippen LogP) is 3.51. The number of anilines is 2. The zero-order valence-electron chi connectivity index (χ0n) is 16.9. The van der Waals surface area contributed by atoms with Crippen LogP contribution < -0.4 is 15.8 Å². The monoisotopic (exact) mass is 419 g/mol. The molecule has 1 amide bonds. The minimum Gasteiger partial charge on any atom is -0.366 e. The molecule has 0 saturated carbocycles. The third-order valence-electron chi connectivity index (χ3n) is 5.14. The van der Waals surface area contributed by atoms with Gasteiger partial charge < -0.3 is 15.2 Å². The van der Waals surface area contributed by atoms with E-state index in [0.29, 0.717) is 28.5 Å². The molecule has 158 valence electrons. The molecule has 1 aromatic heterocycles. The number of hydrogen-bond donors (Lipinski definition) is 2. The summed E-state index contributed by atoms with van der Waals surface area (Å²) in [6.07, 6.45) is 1.99. The highest BCUT2D eigenvalue weighted by atomic mass is 16.6. The van der Waals surface area contributed by atoms with Crippen LogP contribution in [0.2, 0.25) is 0 Å². The predicted molar refractivity (Wildman–Crippen MR) is 118 cm³/mol. The summed E-state index contributed by atoms with van der Waals surface area (Å²) >= 11 is 0. The summed E-state index contributed by atoms with van der Waals surface area (Å²) in [6, 6.07) is 12.8. The lowest BCUT2D eigenvalue weighted by molar-refractivity contribution is -0.384. The van der Waals surface area contributed by atoms with Gasteiger partial charge in [-0.15, -0.1) is 0 Å². The second-order valence-electron chi connectivity index (χ2n) is 7.43. The van der Waals surface area contributed by atoms with E-state index in [-0.39, 0.29) is 16.8 Å². The first-order valence-corrected chi connectivity index (χ1v) is 9.94. The van der Waals surface area contributed by atoms with Gasteiger partial charge >= 0.3 is 0 Å². The van der Waals surface area contributed by atoms with E-state index >= 15 is 0 Å². The quantitative estimate of drug-likeness (QED) is 0.482. The second-order valence-corrected chi connectivity index (χ2v) is 7.43. The molecule has 0 spiro atoms. The molecule has 0 unspecified atom stereocenters. The molecule has 9 heteroatoms. The van der Waals surface area contributed by atoms with Gasteiger partial charge in [-0.1, -0.05) is 12.1 Å². The first kappa shape index (κ1) is 20.3. The van der Waals surface area contributed by atoms with Gasteiger partial charge in [0.15, 0.2) is 0 Å². The molecule has 1 aliphatic heterocycles. The van der Waals surface area contributed by atoms with Crippen LogP contribution in [0.4, 0.5) is 17.1 Å². The van der Waals surface area contributed by atoms with Crippen LogP contribution in [0.3, 0.4) is 0 Å². The number of hydrogen-bond acceptors (Lipinski definition) is 6. The number of rotatable bonds is 5. The Hall–Kier alpha value is -4.01. The van der Waals surface area contributed by atoms with Gasteiger partial charge in [0, 0.05) is 47.7 Å². The highest BCUT2D eigenvalue weighted by molar-refractivity contribution is 6.05. The van der Waals surface area contributed by atoms with Gasteiger partial charge in [0.05, 0.1) is 4.92 Å². The molecule has 0 radical (unpaired) electrons. The lowest BCUT2D eigenvalue weighted by atomic mass is 10.1. The van der Waals surface area contributed by atoms with E-state index < -0.39 is 10.8 Å². The van der Waals surface area contributed by atoms with Crippen LogP contribution in [0.25, 0.3) is 11.4 Å². The van der Waals surface area contributed by atoms with Crippen molar-refractivity contribution in [2.24, 2.45) is 0 Å². The van der Waals surface area contributed by atoms with E-state index in [1.54, 1.807) is 43.3 Å². The number of nitro benzene ring substituents is 1. The van der Waals surface area contributed by atoms with E-state index in [0.717, 1.165) is 25.9 Å². The third kappa shape index (κ3) is 4.45. The summed E-state index contributed by atoms with van der Waals surface area (Å²) in [4.78, 5) is 44.6. The zero-order valence-corrected chi connectivity index (χ0v) is 16.9. The maximum atomic E-state index is 12.8. The summed E-state index contributed by atoms with van der Waals surface area (Å²) in [5.74, 6) is -0.0642. The number of aryl methyl sites for hydroxylation is 1. The molecule has 2 heterocycles. The molecule has 1 saturated heterocycles. The van der Waals surface area contributed by atoms with Crippen molar-refractivity contribution in [3.05, 3.63) is 80.3 Å². The number of amides is 1. The SMILES string of the molecule is Cc1cc(=O)[nH]c(-c2cccc(NC(=O)c3ccc(N4CCCC4)c([N+](=O)[O-])c3)c2)n1. The Bertz CT molecular complexity index is 1210. The molecule has 9 nitrogen and oxygen atoms in total. The maximum absolute atomic E-state index is 12.8. The van der Waals surface area contributed by atoms with Crippen molar-refractivity contribution in [3.8, 4) is 11.4 Å². The standard InChI is InChI=1S/C22H21N5O4/c1-14-11-20(28)25-21(23-14)15-5-4-6-17(12-15)24-22(29)16-7-8-18(19(13-16)27(30)31)26-9-2-3-10-26/h4-8,11-13H,2-3,9-10H2,1H3,(H,24,29)(H,23,25,28). The Morgan fingerprint density at radius 3 is 2.65 bits per heavy atom. The van der Waals surface area contributed by atoms with Gasteiger partial charge in [-0.05, 0) is 44.0 Å². The minimum atomic E-state index is -0.459. The normalized spacial score (nSPS) is 13.3. The van der Waals surface area contributed by atoms with Crippen molar-refractivity contribution in [3.63, 3.8) is 0 Å². The topological polar surface area (TPSA) is 121 Å². The molecule has 1 fully saturated rings. The van der Waals surface area contributed by atoms with Crippen LogP contribution in [-0.2, 0) is 0 Å². The number of carbonyl (C=O) groups is 1. The van der Waals surface area contributed by atoms with Gasteiger partial charge in [0.1, 0.15) is 11.5 Å². The number of nitrogens with one attached hydrogen (secondary N) is 2. The van der Waals surface area contributed by atoms with Crippen LogP contribution in [0.5, 0.6) is 0 Å². The number of benzene rings is 2. The highest BCUT2D eigenvalue weighted by Crippen LogP contribution is 2.32. The number of carbonyl (C=O) groups excluding carboxylic acids is 1. The Morgan fingerprint density at radius 2 is 1.94 bits per heavy atom. The van der Waals surface area contributed by atoms with Gasteiger partial charge in [0.25, 0.3) is 17.2 Å².